The molecule has 2 rings (SSSR count). The minimum absolute atomic E-state index is 0.107. The predicted octanol–water partition coefficient (Wildman–Crippen LogP) is 2.68. The summed E-state index contributed by atoms with van der Waals surface area (Å²) in [4.78, 5) is 23.1. The van der Waals surface area contributed by atoms with Crippen molar-refractivity contribution in [3.63, 3.8) is 0 Å². The Morgan fingerprint density at radius 3 is 2.70 bits per heavy atom. The Morgan fingerprint density at radius 2 is 2.10 bits per heavy atom. The van der Waals surface area contributed by atoms with Crippen LogP contribution in [0.1, 0.15) is 25.7 Å². The molecule has 0 radical (unpaired) electrons. The average Bonchev–Trinajstić information content (AvgIpc) is 2.46. The fourth-order valence-corrected chi connectivity index (χ4v) is 2.61. The van der Waals surface area contributed by atoms with Crippen LogP contribution in [0.25, 0.3) is 0 Å². The number of aliphatic carboxylic acids is 1. The summed E-state index contributed by atoms with van der Waals surface area (Å²) < 4.78 is 0. The van der Waals surface area contributed by atoms with Crippen LogP contribution in [0.2, 0.25) is 0 Å². The number of benzene rings is 1. The Bertz CT molecular complexity index is 496. The molecule has 0 saturated carbocycles. The number of carboxylic acid groups (broad SMARTS) is 1. The minimum atomic E-state index is -0.744. The minimum Gasteiger partial charge on any atom is -0.481 e. The average molecular weight is 278 g/mol. The van der Waals surface area contributed by atoms with Gasteiger partial charge in [-0.3, -0.25) is 14.9 Å². The van der Waals surface area contributed by atoms with Crippen molar-refractivity contribution >= 4 is 17.3 Å². The molecule has 0 atom stereocenters. The molecule has 1 heterocycles. The highest BCUT2D eigenvalue weighted by Gasteiger charge is 2.21. The number of nitro benzene ring substituents is 1. The van der Waals surface area contributed by atoms with Crippen LogP contribution in [0.15, 0.2) is 24.3 Å². The van der Waals surface area contributed by atoms with Crippen molar-refractivity contribution in [3.8, 4) is 0 Å². The highest BCUT2D eigenvalue weighted by Crippen LogP contribution is 2.28. The van der Waals surface area contributed by atoms with Crippen LogP contribution in [0.3, 0.4) is 0 Å². The number of piperidine rings is 1. The summed E-state index contributed by atoms with van der Waals surface area (Å²) in [6.07, 6.45) is 2.82. The van der Waals surface area contributed by atoms with Gasteiger partial charge in [-0.2, -0.15) is 0 Å². The molecule has 6 heteroatoms. The highest BCUT2D eigenvalue weighted by atomic mass is 16.6. The molecule has 6 nitrogen and oxygen atoms in total. The number of hydrogen-bond donors (Lipinski definition) is 1. The van der Waals surface area contributed by atoms with Gasteiger partial charge in [0.2, 0.25) is 0 Å². The smallest absolute Gasteiger partial charge is 0.303 e. The monoisotopic (exact) mass is 278 g/mol. The predicted molar refractivity (Wildman–Crippen MR) is 74.9 cm³/mol. The number of nitro groups is 1. The van der Waals surface area contributed by atoms with Crippen molar-refractivity contribution in [2.24, 2.45) is 5.92 Å². The number of nitrogens with zero attached hydrogens (tertiary/aromatic N) is 2. The Labute approximate surface area is 117 Å². The summed E-state index contributed by atoms with van der Waals surface area (Å²) in [5.74, 6) is -0.299. The summed E-state index contributed by atoms with van der Waals surface area (Å²) >= 11 is 0. The van der Waals surface area contributed by atoms with E-state index in [-0.39, 0.29) is 17.0 Å². The molecule has 0 aliphatic carbocycles. The molecule has 0 unspecified atom stereocenters. The van der Waals surface area contributed by atoms with Crippen molar-refractivity contribution in [1.29, 1.82) is 0 Å². The van der Waals surface area contributed by atoms with Crippen LogP contribution in [0.4, 0.5) is 11.4 Å². The van der Waals surface area contributed by atoms with Gasteiger partial charge in [-0.05, 0) is 31.2 Å². The molecule has 20 heavy (non-hydrogen) atoms. The van der Waals surface area contributed by atoms with E-state index in [1.54, 1.807) is 12.1 Å². The third-order valence-corrected chi connectivity index (χ3v) is 3.79. The van der Waals surface area contributed by atoms with Gasteiger partial charge in [0.1, 0.15) is 0 Å². The molecular formula is C14H18N2O4. The molecule has 0 spiro atoms. The van der Waals surface area contributed by atoms with E-state index in [0.717, 1.165) is 38.0 Å². The lowest BCUT2D eigenvalue weighted by Crippen LogP contribution is -2.33. The second kappa shape index (κ2) is 6.36. The first kappa shape index (κ1) is 14.3. The Balaban J connectivity index is 1.92. The van der Waals surface area contributed by atoms with E-state index < -0.39 is 5.97 Å². The maximum absolute atomic E-state index is 10.8. The summed E-state index contributed by atoms with van der Waals surface area (Å²) in [6.45, 7) is 1.65. The Kier molecular flexibility index (Phi) is 4.55. The van der Waals surface area contributed by atoms with Gasteiger partial charge in [0.25, 0.3) is 5.69 Å². The van der Waals surface area contributed by atoms with E-state index >= 15 is 0 Å². The number of carbonyl (C=O) groups is 1. The van der Waals surface area contributed by atoms with Crippen molar-refractivity contribution in [2.75, 3.05) is 18.0 Å². The van der Waals surface area contributed by atoms with Crippen LogP contribution in [0, 0.1) is 16.0 Å². The van der Waals surface area contributed by atoms with E-state index in [1.165, 1.54) is 6.07 Å². The molecule has 0 bridgehead atoms. The lowest BCUT2D eigenvalue weighted by Gasteiger charge is -2.33. The molecule has 1 aromatic carbocycles. The molecule has 1 aliphatic rings. The van der Waals surface area contributed by atoms with E-state index in [9.17, 15) is 14.9 Å². The van der Waals surface area contributed by atoms with Gasteiger partial charge in [0.15, 0.2) is 0 Å². The van der Waals surface area contributed by atoms with Crippen molar-refractivity contribution < 1.29 is 14.8 Å². The quantitative estimate of drug-likeness (QED) is 0.661. The fraction of sp³-hybridized carbons (Fsp3) is 0.500. The first-order chi connectivity index (χ1) is 9.56. The van der Waals surface area contributed by atoms with Gasteiger partial charge >= 0.3 is 5.97 Å². The number of hydrogen-bond acceptors (Lipinski definition) is 4. The number of anilines is 1. The number of non-ortho nitro benzene ring substituents is 1. The van der Waals surface area contributed by atoms with E-state index in [0.29, 0.717) is 5.92 Å². The molecule has 1 aromatic rings. The van der Waals surface area contributed by atoms with Crippen molar-refractivity contribution in [1.82, 2.24) is 0 Å². The first-order valence-electron chi connectivity index (χ1n) is 6.77. The van der Waals surface area contributed by atoms with Gasteiger partial charge < -0.3 is 10.0 Å². The number of rotatable bonds is 5. The second-order valence-corrected chi connectivity index (χ2v) is 5.14. The normalized spacial score (nSPS) is 16.1. The molecule has 0 amide bonds. The van der Waals surface area contributed by atoms with Crippen molar-refractivity contribution in [3.05, 3.63) is 34.4 Å². The molecule has 1 fully saturated rings. The lowest BCUT2D eigenvalue weighted by atomic mass is 9.92. The maximum Gasteiger partial charge on any atom is 0.303 e. The van der Waals surface area contributed by atoms with Gasteiger partial charge in [0.05, 0.1) is 4.92 Å². The van der Waals surface area contributed by atoms with Crippen LogP contribution < -0.4 is 4.90 Å². The van der Waals surface area contributed by atoms with E-state index in [1.807, 2.05) is 6.07 Å². The zero-order valence-corrected chi connectivity index (χ0v) is 11.2. The standard InChI is InChI=1S/C14H18N2O4/c17-14(18)5-4-11-6-8-15(9-7-11)12-2-1-3-13(10-12)16(19)20/h1-3,10-11H,4-9H2,(H,17,18). The van der Waals surface area contributed by atoms with E-state index in [2.05, 4.69) is 4.90 Å². The number of carboxylic acids is 1. The molecule has 0 aromatic heterocycles. The van der Waals surface area contributed by atoms with Gasteiger partial charge in [-0.1, -0.05) is 6.07 Å². The third kappa shape index (κ3) is 3.69. The van der Waals surface area contributed by atoms with Crippen LogP contribution in [0.5, 0.6) is 0 Å². The van der Waals surface area contributed by atoms with Gasteiger partial charge in [-0.25, -0.2) is 0 Å². The molecule has 108 valence electrons. The van der Waals surface area contributed by atoms with Crippen LogP contribution in [-0.2, 0) is 4.79 Å². The molecule has 1 N–H and O–H groups in total. The first-order valence-corrected chi connectivity index (χ1v) is 6.77. The lowest BCUT2D eigenvalue weighted by molar-refractivity contribution is -0.384. The zero-order chi connectivity index (χ0) is 14.5. The zero-order valence-electron chi connectivity index (χ0n) is 11.2. The maximum atomic E-state index is 10.8. The Hall–Kier alpha value is -2.11. The summed E-state index contributed by atoms with van der Waals surface area (Å²) in [5, 5.41) is 19.5. The fourth-order valence-electron chi connectivity index (χ4n) is 2.61. The molecular weight excluding hydrogens is 260 g/mol. The van der Waals surface area contributed by atoms with E-state index in [4.69, 9.17) is 5.11 Å². The third-order valence-electron chi connectivity index (χ3n) is 3.79. The van der Waals surface area contributed by atoms with Crippen molar-refractivity contribution in [2.45, 2.75) is 25.7 Å². The molecule has 1 saturated heterocycles. The van der Waals surface area contributed by atoms with Crippen LogP contribution >= 0.6 is 0 Å². The summed E-state index contributed by atoms with van der Waals surface area (Å²) in [6, 6.07) is 6.66. The summed E-state index contributed by atoms with van der Waals surface area (Å²) in [5.41, 5.74) is 0.978. The highest BCUT2D eigenvalue weighted by molar-refractivity contribution is 5.66. The second-order valence-electron chi connectivity index (χ2n) is 5.14. The SMILES string of the molecule is O=C(O)CCC1CCN(c2cccc([N+](=O)[O-])c2)CC1. The summed E-state index contributed by atoms with van der Waals surface area (Å²) in [7, 11) is 0. The van der Waals surface area contributed by atoms with Crippen LogP contribution in [-0.4, -0.2) is 29.1 Å². The Morgan fingerprint density at radius 1 is 1.40 bits per heavy atom. The van der Waals surface area contributed by atoms with Gasteiger partial charge in [-0.15, -0.1) is 0 Å². The molecule has 1 aliphatic heterocycles. The largest absolute Gasteiger partial charge is 0.481 e. The topological polar surface area (TPSA) is 83.7 Å². The van der Waals surface area contributed by atoms with Gasteiger partial charge in [0, 0.05) is 37.3 Å².